The van der Waals surface area contributed by atoms with E-state index in [2.05, 4.69) is 20.6 Å². The first-order valence-corrected chi connectivity index (χ1v) is 8.89. The van der Waals surface area contributed by atoms with Crippen molar-refractivity contribution in [1.29, 1.82) is 0 Å². The maximum atomic E-state index is 13.1. The van der Waals surface area contributed by atoms with Crippen molar-refractivity contribution in [3.8, 4) is 0 Å². The number of nitrogens with one attached hydrogen (secondary N) is 2. The summed E-state index contributed by atoms with van der Waals surface area (Å²) in [6.07, 6.45) is 1.99. The maximum absolute atomic E-state index is 13.1. The number of hydrogen-bond acceptors (Lipinski definition) is 4. The Labute approximate surface area is 166 Å². The third-order valence-electron chi connectivity index (χ3n) is 4.23. The van der Waals surface area contributed by atoms with E-state index >= 15 is 0 Å². The van der Waals surface area contributed by atoms with Gasteiger partial charge in [0.05, 0.1) is 5.56 Å². The quantitative estimate of drug-likeness (QED) is 0.636. The Kier molecular flexibility index (Phi) is 6.56. The van der Waals surface area contributed by atoms with Gasteiger partial charge in [-0.05, 0) is 41.0 Å². The van der Waals surface area contributed by atoms with Crippen LogP contribution in [0.4, 0.5) is 13.2 Å². The zero-order valence-corrected chi connectivity index (χ0v) is 15.4. The molecule has 1 atom stereocenters. The average Bonchev–Trinajstić information content (AvgIpc) is 2.73. The highest BCUT2D eigenvalue weighted by molar-refractivity contribution is 5.83. The SMILES string of the molecule is O=C(NCc1cccnc1)C(NCc1cccnc1)c1cccc(C(F)(F)F)c1. The maximum Gasteiger partial charge on any atom is 0.416 e. The molecule has 2 aromatic heterocycles. The molecule has 5 nitrogen and oxygen atoms in total. The molecule has 2 heterocycles. The molecule has 29 heavy (non-hydrogen) atoms. The first-order valence-electron chi connectivity index (χ1n) is 8.89. The van der Waals surface area contributed by atoms with Gasteiger partial charge in [-0.2, -0.15) is 13.2 Å². The lowest BCUT2D eigenvalue weighted by Crippen LogP contribution is -2.37. The van der Waals surface area contributed by atoms with Gasteiger partial charge < -0.3 is 5.32 Å². The van der Waals surface area contributed by atoms with Crippen LogP contribution in [-0.4, -0.2) is 15.9 Å². The summed E-state index contributed by atoms with van der Waals surface area (Å²) in [7, 11) is 0. The number of carbonyl (C=O) groups excluding carboxylic acids is 1. The number of carbonyl (C=O) groups is 1. The predicted octanol–water partition coefficient (Wildman–Crippen LogP) is 3.64. The highest BCUT2D eigenvalue weighted by Gasteiger charge is 2.31. The van der Waals surface area contributed by atoms with Crippen molar-refractivity contribution in [1.82, 2.24) is 20.6 Å². The van der Waals surface area contributed by atoms with Gasteiger partial charge in [-0.3, -0.25) is 20.1 Å². The fourth-order valence-corrected chi connectivity index (χ4v) is 2.77. The lowest BCUT2D eigenvalue weighted by molar-refractivity contribution is -0.137. The van der Waals surface area contributed by atoms with Gasteiger partial charge in [-0.15, -0.1) is 0 Å². The lowest BCUT2D eigenvalue weighted by atomic mass is 10.0. The van der Waals surface area contributed by atoms with Gasteiger partial charge in [-0.1, -0.05) is 24.3 Å². The second kappa shape index (κ2) is 9.29. The van der Waals surface area contributed by atoms with Crippen LogP contribution in [0, 0.1) is 0 Å². The van der Waals surface area contributed by atoms with Crippen LogP contribution in [0.2, 0.25) is 0 Å². The molecule has 0 spiro atoms. The van der Waals surface area contributed by atoms with Gasteiger partial charge in [0.25, 0.3) is 0 Å². The normalized spacial score (nSPS) is 12.4. The molecule has 0 saturated carbocycles. The van der Waals surface area contributed by atoms with Crippen molar-refractivity contribution >= 4 is 5.91 Å². The monoisotopic (exact) mass is 400 g/mol. The van der Waals surface area contributed by atoms with Gasteiger partial charge in [0.2, 0.25) is 5.91 Å². The van der Waals surface area contributed by atoms with E-state index in [1.165, 1.54) is 12.1 Å². The van der Waals surface area contributed by atoms with Gasteiger partial charge in [0.15, 0.2) is 0 Å². The fraction of sp³-hybridized carbons (Fsp3) is 0.190. The van der Waals surface area contributed by atoms with Crippen LogP contribution >= 0.6 is 0 Å². The summed E-state index contributed by atoms with van der Waals surface area (Å²) in [6, 6.07) is 10.9. The Balaban J connectivity index is 1.80. The molecule has 0 aliphatic carbocycles. The highest BCUT2D eigenvalue weighted by atomic mass is 19.4. The minimum Gasteiger partial charge on any atom is -0.350 e. The summed E-state index contributed by atoms with van der Waals surface area (Å²) in [6.45, 7) is 0.492. The predicted molar refractivity (Wildman–Crippen MR) is 101 cm³/mol. The van der Waals surface area contributed by atoms with Crippen molar-refractivity contribution in [2.75, 3.05) is 0 Å². The van der Waals surface area contributed by atoms with E-state index in [1.54, 1.807) is 43.0 Å². The number of halogens is 3. The largest absolute Gasteiger partial charge is 0.416 e. The van der Waals surface area contributed by atoms with Crippen molar-refractivity contribution in [2.45, 2.75) is 25.3 Å². The smallest absolute Gasteiger partial charge is 0.350 e. The number of rotatable bonds is 7. The number of benzene rings is 1. The van der Waals surface area contributed by atoms with E-state index in [0.29, 0.717) is 0 Å². The van der Waals surface area contributed by atoms with Gasteiger partial charge in [-0.25, -0.2) is 0 Å². The van der Waals surface area contributed by atoms with Crippen LogP contribution in [0.15, 0.2) is 73.3 Å². The summed E-state index contributed by atoms with van der Waals surface area (Å²) in [5.41, 5.74) is 1.02. The van der Waals surface area contributed by atoms with Crippen molar-refractivity contribution < 1.29 is 18.0 Å². The highest BCUT2D eigenvalue weighted by Crippen LogP contribution is 2.31. The topological polar surface area (TPSA) is 66.9 Å². The molecular formula is C21H19F3N4O. The minimum atomic E-state index is -4.49. The van der Waals surface area contributed by atoms with Crippen LogP contribution in [0.5, 0.6) is 0 Å². The Morgan fingerprint density at radius 2 is 1.59 bits per heavy atom. The van der Waals surface area contributed by atoms with Crippen molar-refractivity contribution in [2.24, 2.45) is 0 Å². The third kappa shape index (κ3) is 5.86. The van der Waals surface area contributed by atoms with Crippen LogP contribution in [0.3, 0.4) is 0 Å². The summed E-state index contributed by atoms with van der Waals surface area (Å²) in [5, 5.41) is 5.79. The van der Waals surface area contributed by atoms with E-state index in [-0.39, 0.29) is 18.7 Å². The van der Waals surface area contributed by atoms with Crippen molar-refractivity contribution in [3.63, 3.8) is 0 Å². The van der Waals surface area contributed by atoms with Gasteiger partial charge in [0.1, 0.15) is 6.04 Å². The van der Waals surface area contributed by atoms with E-state index in [0.717, 1.165) is 23.3 Å². The number of pyridine rings is 2. The molecule has 1 unspecified atom stereocenters. The second-order valence-electron chi connectivity index (χ2n) is 6.38. The Hall–Kier alpha value is -3.26. The van der Waals surface area contributed by atoms with E-state index in [4.69, 9.17) is 0 Å². The zero-order valence-electron chi connectivity index (χ0n) is 15.4. The molecule has 0 radical (unpaired) electrons. The number of hydrogen-bond donors (Lipinski definition) is 2. The number of aromatic nitrogens is 2. The Morgan fingerprint density at radius 1 is 0.931 bits per heavy atom. The molecule has 3 rings (SSSR count). The zero-order chi connectivity index (χ0) is 20.7. The van der Waals surface area contributed by atoms with Crippen molar-refractivity contribution in [3.05, 3.63) is 95.6 Å². The molecule has 0 bridgehead atoms. The van der Waals surface area contributed by atoms with Gasteiger partial charge >= 0.3 is 6.18 Å². The molecule has 1 amide bonds. The molecule has 1 aromatic carbocycles. The fourth-order valence-electron chi connectivity index (χ4n) is 2.77. The van der Waals surface area contributed by atoms with Gasteiger partial charge in [0, 0.05) is 37.9 Å². The molecule has 0 aliphatic heterocycles. The Morgan fingerprint density at radius 3 is 2.17 bits per heavy atom. The number of alkyl halides is 3. The third-order valence-corrected chi connectivity index (χ3v) is 4.23. The average molecular weight is 400 g/mol. The number of amides is 1. The number of nitrogens with zero attached hydrogens (tertiary/aromatic N) is 2. The van der Waals surface area contributed by atoms with Crippen LogP contribution < -0.4 is 10.6 Å². The Bertz CT molecular complexity index is 933. The molecule has 3 aromatic rings. The summed E-state index contributed by atoms with van der Waals surface area (Å²) in [5.74, 6) is -0.433. The standard InChI is InChI=1S/C21H19F3N4O/c22-21(23,24)18-7-1-6-17(10-18)19(27-13-15-4-2-8-25-11-15)20(29)28-14-16-5-3-9-26-12-16/h1-12,19,27H,13-14H2,(H,28,29). The summed E-state index contributed by atoms with van der Waals surface area (Å²) < 4.78 is 39.3. The second-order valence-corrected chi connectivity index (χ2v) is 6.38. The molecule has 8 heteroatoms. The van der Waals surface area contributed by atoms with Crippen LogP contribution in [-0.2, 0) is 24.1 Å². The molecule has 0 aliphatic rings. The van der Waals surface area contributed by atoms with E-state index in [9.17, 15) is 18.0 Å². The van der Waals surface area contributed by atoms with Crippen LogP contribution in [0.1, 0.15) is 28.3 Å². The first-order chi connectivity index (χ1) is 13.9. The van der Waals surface area contributed by atoms with E-state index in [1.807, 2.05) is 6.07 Å². The summed E-state index contributed by atoms with van der Waals surface area (Å²) >= 11 is 0. The minimum absolute atomic E-state index is 0.219. The molecular weight excluding hydrogens is 381 g/mol. The molecule has 2 N–H and O–H groups in total. The first kappa shape index (κ1) is 20.5. The molecule has 150 valence electrons. The summed E-state index contributed by atoms with van der Waals surface area (Å²) in [4.78, 5) is 20.8. The lowest BCUT2D eigenvalue weighted by Gasteiger charge is -2.20. The van der Waals surface area contributed by atoms with E-state index < -0.39 is 23.7 Å². The molecule has 0 fully saturated rings. The van der Waals surface area contributed by atoms with Crippen LogP contribution in [0.25, 0.3) is 0 Å². The molecule has 0 saturated heterocycles.